The molecule has 0 radical (unpaired) electrons. The van der Waals surface area contributed by atoms with Gasteiger partial charge >= 0.3 is 0 Å². The number of unbranched alkanes of at least 4 members (excludes halogenated alkanes) is 1. The van der Waals surface area contributed by atoms with Crippen molar-refractivity contribution >= 4 is 26.9 Å². The van der Waals surface area contributed by atoms with Crippen molar-refractivity contribution in [2.75, 3.05) is 12.3 Å². The first-order valence-electron chi connectivity index (χ1n) is 10.3. The third kappa shape index (κ3) is 5.71. The molecule has 4 nitrogen and oxygen atoms in total. The van der Waals surface area contributed by atoms with Crippen LogP contribution in [0.2, 0.25) is 0 Å². The van der Waals surface area contributed by atoms with Crippen molar-refractivity contribution in [1.82, 2.24) is 4.31 Å². The predicted molar refractivity (Wildman–Crippen MR) is 120 cm³/mol. The lowest BCUT2D eigenvalue weighted by Crippen LogP contribution is -2.47. The normalized spacial score (nSPS) is 17.9. The maximum Gasteiger partial charge on any atom is 0.244 e. The topological polar surface area (TPSA) is 54.5 Å². The standard InChI is InChI=1S/C23H29NO3S2/c1-19-11-5-6-16-22(19)29(26,27)24-17-9-7-15-21(24)23(25)28-18-10-8-14-20-12-3-2-4-13-20/h2-6,11-13,16,21H,7-10,14-15,17-18H2,1H3. The number of rotatable bonds is 8. The minimum atomic E-state index is -3.66. The van der Waals surface area contributed by atoms with E-state index in [2.05, 4.69) is 12.1 Å². The Balaban J connectivity index is 1.57. The number of hydrogen-bond donors (Lipinski definition) is 0. The van der Waals surface area contributed by atoms with Gasteiger partial charge < -0.3 is 0 Å². The van der Waals surface area contributed by atoms with E-state index in [0.717, 1.165) is 43.4 Å². The number of thioether (sulfide) groups is 1. The highest BCUT2D eigenvalue weighted by Gasteiger charge is 2.38. The first-order chi connectivity index (χ1) is 14.0. The molecular weight excluding hydrogens is 402 g/mol. The summed E-state index contributed by atoms with van der Waals surface area (Å²) in [4.78, 5) is 13.2. The van der Waals surface area contributed by atoms with E-state index >= 15 is 0 Å². The van der Waals surface area contributed by atoms with Crippen LogP contribution in [-0.4, -0.2) is 36.2 Å². The van der Waals surface area contributed by atoms with Crippen molar-refractivity contribution in [3.8, 4) is 0 Å². The van der Waals surface area contributed by atoms with E-state index in [0.29, 0.717) is 17.9 Å². The lowest BCUT2D eigenvalue weighted by molar-refractivity contribution is -0.115. The van der Waals surface area contributed by atoms with Crippen molar-refractivity contribution in [2.45, 2.75) is 56.4 Å². The van der Waals surface area contributed by atoms with Crippen molar-refractivity contribution < 1.29 is 13.2 Å². The van der Waals surface area contributed by atoms with Gasteiger partial charge in [0.15, 0.2) is 0 Å². The molecule has 2 aromatic rings. The molecule has 0 N–H and O–H groups in total. The lowest BCUT2D eigenvalue weighted by atomic mass is 10.1. The third-order valence-corrected chi connectivity index (χ3v) is 8.47. The molecule has 0 aliphatic carbocycles. The molecule has 1 fully saturated rings. The first-order valence-corrected chi connectivity index (χ1v) is 12.7. The fourth-order valence-electron chi connectivity index (χ4n) is 3.75. The van der Waals surface area contributed by atoms with Crippen LogP contribution < -0.4 is 0 Å². The van der Waals surface area contributed by atoms with E-state index in [9.17, 15) is 13.2 Å². The molecule has 0 bridgehead atoms. The highest BCUT2D eigenvalue weighted by molar-refractivity contribution is 8.13. The third-order valence-electron chi connectivity index (χ3n) is 5.35. The summed E-state index contributed by atoms with van der Waals surface area (Å²) in [6, 6.07) is 16.8. The van der Waals surface area contributed by atoms with E-state index in [-0.39, 0.29) is 5.12 Å². The molecule has 0 amide bonds. The van der Waals surface area contributed by atoms with Crippen LogP contribution in [0.25, 0.3) is 0 Å². The molecular formula is C23H29NO3S2. The van der Waals surface area contributed by atoms with Crippen LogP contribution in [0.3, 0.4) is 0 Å². The van der Waals surface area contributed by atoms with Gasteiger partial charge in [-0.1, -0.05) is 66.7 Å². The largest absolute Gasteiger partial charge is 0.285 e. The Morgan fingerprint density at radius 1 is 1.03 bits per heavy atom. The van der Waals surface area contributed by atoms with Crippen LogP contribution in [0.4, 0.5) is 0 Å². The average molecular weight is 432 g/mol. The SMILES string of the molecule is Cc1ccccc1S(=O)(=O)N1CCCCC1C(=O)SCCCCc1ccccc1. The quantitative estimate of drug-likeness (QED) is 0.562. The summed E-state index contributed by atoms with van der Waals surface area (Å²) in [7, 11) is -3.66. The summed E-state index contributed by atoms with van der Waals surface area (Å²) in [6.45, 7) is 2.22. The summed E-state index contributed by atoms with van der Waals surface area (Å²) in [5, 5.41) is -0.0124. The summed E-state index contributed by atoms with van der Waals surface area (Å²) < 4.78 is 27.9. The van der Waals surface area contributed by atoms with E-state index < -0.39 is 16.1 Å². The number of carbonyl (C=O) groups is 1. The fourth-order valence-corrected chi connectivity index (χ4v) is 6.68. The van der Waals surface area contributed by atoms with E-state index in [1.807, 2.05) is 24.3 Å². The van der Waals surface area contributed by atoms with Gasteiger partial charge in [-0.05, 0) is 56.2 Å². The highest BCUT2D eigenvalue weighted by atomic mass is 32.2. The van der Waals surface area contributed by atoms with Crippen LogP contribution in [-0.2, 0) is 21.2 Å². The maximum atomic E-state index is 13.2. The Labute approximate surface area is 178 Å². The lowest BCUT2D eigenvalue weighted by Gasteiger charge is -2.33. The van der Waals surface area contributed by atoms with E-state index in [1.54, 1.807) is 25.1 Å². The molecule has 1 aliphatic heterocycles. The number of carbonyl (C=O) groups excluding carboxylic acids is 1. The average Bonchev–Trinajstić information content (AvgIpc) is 2.74. The highest BCUT2D eigenvalue weighted by Crippen LogP contribution is 2.29. The Bertz CT molecular complexity index is 913. The first kappa shape index (κ1) is 22.1. The van der Waals surface area contributed by atoms with Crippen LogP contribution in [0, 0.1) is 6.92 Å². The van der Waals surface area contributed by atoms with Gasteiger partial charge in [0.25, 0.3) is 0 Å². The van der Waals surface area contributed by atoms with Crippen LogP contribution in [0.15, 0.2) is 59.5 Å². The Hall–Kier alpha value is -1.63. The molecule has 2 aromatic carbocycles. The number of hydrogen-bond acceptors (Lipinski definition) is 4. The summed E-state index contributed by atoms with van der Waals surface area (Å²) in [6.07, 6.45) is 5.29. The molecule has 1 aliphatic rings. The molecule has 0 spiro atoms. The molecule has 156 valence electrons. The van der Waals surface area contributed by atoms with Gasteiger partial charge in [0.05, 0.1) is 10.9 Å². The monoisotopic (exact) mass is 431 g/mol. The number of aryl methyl sites for hydroxylation is 2. The zero-order valence-electron chi connectivity index (χ0n) is 16.9. The van der Waals surface area contributed by atoms with Gasteiger partial charge in [0.2, 0.25) is 15.1 Å². The van der Waals surface area contributed by atoms with Gasteiger partial charge in [0, 0.05) is 12.3 Å². The van der Waals surface area contributed by atoms with Crippen molar-refractivity contribution in [2.24, 2.45) is 0 Å². The Kier molecular flexibility index (Phi) is 7.92. The summed E-state index contributed by atoms with van der Waals surface area (Å²) >= 11 is 1.29. The minimum absolute atomic E-state index is 0.0124. The van der Waals surface area contributed by atoms with Gasteiger partial charge in [-0.25, -0.2) is 8.42 Å². The second-order valence-corrected chi connectivity index (χ2v) is 10.5. The van der Waals surface area contributed by atoms with Crippen LogP contribution in [0.1, 0.15) is 43.2 Å². The van der Waals surface area contributed by atoms with Crippen molar-refractivity contribution in [3.05, 3.63) is 65.7 Å². The van der Waals surface area contributed by atoms with Crippen LogP contribution in [0.5, 0.6) is 0 Å². The summed E-state index contributed by atoms with van der Waals surface area (Å²) in [5.41, 5.74) is 2.03. The molecule has 6 heteroatoms. The molecule has 3 rings (SSSR count). The number of sulfonamides is 1. The minimum Gasteiger partial charge on any atom is -0.285 e. The molecule has 0 saturated carbocycles. The molecule has 1 saturated heterocycles. The predicted octanol–water partition coefficient (Wildman–Crippen LogP) is 4.82. The molecule has 0 aromatic heterocycles. The zero-order valence-corrected chi connectivity index (χ0v) is 18.6. The van der Waals surface area contributed by atoms with E-state index in [4.69, 9.17) is 0 Å². The second-order valence-electron chi connectivity index (χ2n) is 7.50. The van der Waals surface area contributed by atoms with Gasteiger partial charge in [-0.2, -0.15) is 4.31 Å². The smallest absolute Gasteiger partial charge is 0.244 e. The fraction of sp³-hybridized carbons (Fsp3) is 0.435. The van der Waals surface area contributed by atoms with E-state index in [1.165, 1.54) is 21.6 Å². The van der Waals surface area contributed by atoms with Gasteiger partial charge in [0.1, 0.15) is 0 Å². The van der Waals surface area contributed by atoms with Gasteiger partial charge in [-0.15, -0.1) is 0 Å². The van der Waals surface area contributed by atoms with Crippen molar-refractivity contribution in [3.63, 3.8) is 0 Å². The molecule has 1 heterocycles. The Morgan fingerprint density at radius 3 is 2.52 bits per heavy atom. The number of piperidine rings is 1. The number of benzene rings is 2. The molecule has 1 unspecified atom stereocenters. The zero-order chi connectivity index (χ0) is 20.7. The summed E-state index contributed by atoms with van der Waals surface area (Å²) in [5.74, 6) is 0.737. The Morgan fingerprint density at radius 2 is 1.76 bits per heavy atom. The molecule has 1 atom stereocenters. The van der Waals surface area contributed by atoms with Crippen LogP contribution >= 0.6 is 11.8 Å². The van der Waals surface area contributed by atoms with Crippen molar-refractivity contribution in [1.29, 1.82) is 0 Å². The maximum absolute atomic E-state index is 13.2. The number of nitrogens with zero attached hydrogens (tertiary/aromatic N) is 1. The van der Waals surface area contributed by atoms with Gasteiger partial charge in [-0.3, -0.25) is 4.79 Å². The molecule has 29 heavy (non-hydrogen) atoms. The second kappa shape index (κ2) is 10.4.